The van der Waals surface area contributed by atoms with Crippen molar-refractivity contribution in [3.63, 3.8) is 0 Å². The standard InChI is InChI=1S/C13H20FNO2/c1-3-4-8-17-9-7-15-12-6-5-11(14)10-13(12)16-2/h5-6,10,15H,3-4,7-9H2,1-2H3. The number of rotatable bonds is 8. The van der Waals surface area contributed by atoms with Gasteiger partial charge in [0.05, 0.1) is 19.4 Å². The first-order valence-electron chi connectivity index (χ1n) is 5.93. The van der Waals surface area contributed by atoms with E-state index < -0.39 is 0 Å². The van der Waals surface area contributed by atoms with Crippen molar-refractivity contribution in [3.05, 3.63) is 24.0 Å². The van der Waals surface area contributed by atoms with E-state index in [1.807, 2.05) is 0 Å². The summed E-state index contributed by atoms with van der Waals surface area (Å²) in [4.78, 5) is 0. The Morgan fingerprint density at radius 1 is 1.29 bits per heavy atom. The summed E-state index contributed by atoms with van der Waals surface area (Å²) in [5.74, 6) is 0.213. The third-order valence-corrected chi connectivity index (χ3v) is 2.37. The van der Waals surface area contributed by atoms with E-state index in [4.69, 9.17) is 9.47 Å². The average molecular weight is 241 g/mol. The highest BCUT2D eigenvalue weighted by molar-refractivity contribution is 5.56. The number of benzene rings is 1. The fraction of sp³-hybridized carbons (Fsp3) is 0.538. The van der Waals surface area contributed by atoms with Gasteiger partial charge in [0.15, 0.2) is 0 Å². The van der Waals surface area contributed by atoms with Crippen LogP contribution in [0.25, 0.3) is 0 Å². The van der Waals surface area contributed by atoms with Crippen molar-refractivity contribution in [2.24, 2.45) is 0 Å². The van der Waals surface area contributed by atoms with Gasteiger partial charge >= 0.3 is 0 Å². The number of anilines is 1. The number of halogens is 1. The molecule has 0 heterocycles. The van der Waals surface area contributed by atoms with Crippen molar-refractivity contribution in [2.45, 2.75) is 19.8 Å². The summed E-state index contributed by atoms with van der Waals surface area (Å²) >= 11 is 0. The summed E-state index contributed by atoms with van der Waals surface area (Å²) in [6, 6.07) is 4.43. The van der Waals surface area contributed by atoms with E-state index in [1.54, 1.807) is 6.07 Å². The molecule has 0 aromatic heterocycles. The van der Waals surface area contributed by atoms with Crippen LogP contribution < -0.4 is 10.1 Å². The lowest BCUT2D eigenvalue weighted by atomic mass is 10.3. The minimum Gasteiger partial charge on any atom is -0.494 e. The second-order valence-electron chi connectivity index (χ2n) is 3.74. The van der Waals surface area contributed by atoms with Gasteiger partial charge in [0.2, 0.25) is 0 Å². The average Bonchev–Trinajstić information content (AvgIpc) is 2.35. The predicted octanol–water partition coefficient (Wildman–Crippen LogP) is 3.06. The Morgan fingerprint density at radius 2 is 2.12 bits per heavy atom. The Balaban J connectivity index is 2.31. The second-order valence-corrected chi connectivity index (χ2v) is 3.74. The van der Waals surface area contributed by atoms with Gasteiger partial charge in [-0.25, -0.2) is 4.39 Å². The minimum atomic E-state index is -0.299. The zero-order chi connectivity index (χ0) is 12.5. The Bertz CT molecular complexity index is 331. The number of methoxy groups -OCH3 is 1. The molecule has 0 bridgehead atoms. The van der Waals surface area contributed by atoms with Gasteiger partial charge in [0.25, 0.3) is 0 Å². The van der Waals surface area contributed by atoms with Crippen LogP contribution >= 0.6 is 0 Å². The third kappa shape index (κ3) is 5.04. The number of hydrogen-bond donors (Lipinski definition) is 1. The molecule has 0 amide bonds. The Kier molecular flexibility index (Phi) is 6.40. The maximum atomic E-state index is 12.9. The summed E-state index contributed by atoms with van der Waals surface area (Å²) in [6.07, 6.45) is 2.22. The monoisotopic (exact) mass is 241 g/mol. The molecule has 4 heteroatoms. The summed E-state index contributed by atoms with van der Waals surface area (Å²) in [5.41, 5.74) is 0.785. The molecule has 1 aromatic carbocycles. The van der Waals surface area contributed by atoms with Crippen molar-refractivity contribution < 1.29 is 13.9 Å². The molecule has 0 fully saturated rings. The highest BCUT2D eigenvalue weighted by atomic mass is 19.1. The van der Waals surface area contributed by atoms with E-state index in [-0.39, 0.29) is 5.82 Å². The van der Waals surface area contributed by atoms with Crippen LogP contribution in [0.1, 0.15) is 19.8 Å². The highest BCUT2D eigenvalue weighted by Crippen LogP contribution is 2.24. The van der Waals surface area contributed by atoms with Crippen LogP contribution in [0.5, 0.6) is 5.75 Å². The topological polar surface area (TPSA) is 30.5 Å². The molecule has 0 saturated carbocycles. The summed E-state index contributed by atoms with van der Waals surface area (Å²) in [7, 11) is 1.53. The molecule has 1 rings (SSSR count). The molecule has 1 aromatic rings. The normalized spacial score (nSPS) is 10.3. The SMILES string of the molecule is CCCCOCCNc1ccc(F)cc1OC. The molecule has 0 radical (unpaired) electrons. The predicted molar refractivity (Wildman–Crippen MR) is 67.2 cm³/mol. The molecule has 0 aliphatic carbocycles. The van der Waals surface area contributed by atoms with E-state index >= 15 is 0 Å². The van der Waals surface area contributed by atoms with Crippen LogP contribution in [-0.4, -0.2) is 26.9 Å². The summed E-state index contributed by atoms with van der Waals surface area (Å²) in [5, 5.41) is 3.15. The third-order valence-electron chi connectivity index (χ3n) is 2.37. The van der Waals surface area contributed by atoms with E-state index in [2.05, 4.69) is 12.2 Å². The largest absolute Gasteiger partial charge is 0.494 e. The molecule has 0 atom stereocenters. The molecule has 0 spiro atoms. The van der Waals surface area contributed by atoms with Gasteiger partial charge in [-0.3, -0.25) is 0 Å². The van der Waals surface area contributed by atoms with E-state index in [0.29, 0.717) is 18.9 Å². The zero-order valence-corrected chi connectivity index (χ0v) is 10.5. The lowest BCUT2D eigenvalue weighted by molar-refractivity contribution is 0.141. The zero-order valence-electron chi connectivity index (χ0n) is 10.5. The molecule has 0 aliphatic rings. The first kappa shape index (κ1) is 13.8. The Hall–Kier alpha value is -1.29. The minimum absolute atomic E-state index is 0.299. The molecule has 0 unspecified atom stereocenters. The number of nitrogens with one attached hydrogen (secondary N) is 1. The molecule has 0 aliphatic heterocycles. The van der Waals surface area contributed by atoms with Crippen molar-refractivity contribution >= 4 is 5.69 Å². The maximum Gasteiger partial charge on any atom is 0.144 e. The van der Waals surface area contributed by atoms with Crippen molar-refractivity contribution in [1.82, 2.24) is 0 Å². The van der Waals surface area contributed by atoms with Crippen LogP contribution in [0.15, 0.2) is 18.2 Å². The van der Waals surface area contributed by atoms with Crippen LogP contribution in [0, 0.1) is 5.82 Å². The Morgan fingerprint density at radius 3 is 2.82 bits per heavy atom. The maximum absolute atomic E-state index is 12.9. The van der Waals surface area contributed by atoms with Gasteiger partial charge in [-0.15, -0.1) is 0 Å². The van der Waals surface area contributed by atoms with Crippen molar-refractivity contribution in [3.8, 4) is 5.75 Å². The van der Waals surface area contributed by atoms with Crippen LogP contribution in [0.3, 0.4) is 0 Å². The molecule has 3 nitrogen and oxygen atoms in total. The van der Waals surface area contributed by atoms with Gasteiger partial charge in [-0.05, 0) is 18.6 Å². The molecule has 1 N–H and O–H groups in total. The molecular formula is C13H20FNO2. The molecular weight excluding hydrogens is 221 g/mol. The fourth-order valence-corrected chi connectivity index (χ4v) is 1.42. The van der Waals surface area contributed by atoms with Gasteiger partial charge < -0.3 is 14.8 Å². The highest BCUT2D eigenvalue weighted by Gasteiger charge is 2.03. The van der Waals surface area contributed by atoms with Gasteiger partial charge in [-0.2, -0.15) is 0 Å². The summed E-state index contributed by atoms with van der Waals surface area (Å²) in [6.45, 7) is 4.25. The second kappa shape index (κ2) is 7.90. The lowest BCUT2D eigenvalue weighted by Gasteiger charge is -2.11. The van der Waals surface area contributed by atoms with E-state index in [0.717, 1.165) is 25.1 Å². The lowest BCUT2D eigenvalue weighted by Crippen LogP contribution is -2.10. The van der Waals surface area contributed by atoms with E-state index in [9.17, 15) is 4.39 Å². The number of ether oxygens (including phenoxy) is 2. The van der Waals surface area contributed by atoms with E-state index in [1.165, 1.54) is 19.2 Å². The van der Waals surface area contributed by atoms with Crippen LogP contribution in [0.2, 0.25) is 0 Å². The number of unbranched alkanes of at least 4 members (excludes halogenated alkanes) is 1. The van der Waals surface area contributed by atoms with Gasteiger partial charge in [-0.1, -0.05) is 13.3 Å². The van der Waals surface area contributed by atoms with Gasteiger partial charge in [0, 0.05) is 19.2 Å². The fourth-order valence-electron chi connectivity index (χ4n) is 1.42. The smallest absolute Gasteiger partial charge is 0.144 e. The molecule has 96 valence electrons. The molecule has 17 heavy (non-hydrogen) atoms. The number of hydrogen-bond acceptors (Lipinski definition) is 3. The first-order valence-corrected chi connectivity index (χ1v) is 5.93. The van der Waals surface area contributed by atoms with Crippen molar-refractivity contribution in [1.29, 1.82) is 0 Å². The van der Waals surface area contributed by atoms with Gasteiger partial charge in [0.1, 0.15) is 11.6 Å². The first-order chi connectivity index (χ1) is 8.27. The van der Waals surface area contributed by atoms with Crippen molar-refractivity contribution in [2.75, 3.05) is 32.2 Å². The van der Waals surface area contributed by atoms with Crippen LogP contribution in [-0.2, 0) is 4.74 Å². The Labute approximate surface area is 102 Å². The quantitative estimate of drug-likeness (QED) is 0.709. The summed E-state index contributed by atoms with van der Waals surface area (Å²) < 4.78 is 23.4. The molecule has 0 saturated heterocycles. The van der Waals surface area contributed by atoms with Crippen LogP contribution in [0.4, 0.5) is 10.1 Å².